The zero-order valence-electron chi connectivity index (χ0n) is 11.0. The van der Waals surface area contributed by atoms with E-state index in [1.807, 2.05) is 6.92 Å². The van der Waals surface area contributed by atoms with Crippen LogP contribution >= 0.6 is 11.6 Å². The van der Waals surface area contributed by atoms with Gasteiger partial charge in [-0.1, -0.05) is 31.4 Å². The number of halogens is 1. The highest BCUT2D eigenvalue weighted by Crippen LogP contribution is 2.15. The molecule has 0 bridgehead atoms. The summed E-state index contributed by atoms with van der Waals surface area (Å²) >= 11 is 5.87. The Morgan fingerprint density at radius 1 is 1.50 bits per heavy atom. The van der Waals surface area contributed by atoms with Gasteiger partial charge in [0.2, 0.25) is 0 Å². The normalized spacial score (nSPS) is 12.2. The standard InChI is InChI=1S/C14H21ClN2O/c1-3-4-5-12(9-16)17-14(18)13-7-6-11(15)8-10(13)2/h6-8,12H,3-5,9,16H2,1-2H3,(H,17,18). The summed E-state index contributed by atoms with van der Waals surface area (Å²) in [6.07, 6.45) is 3.10. The largest absolute Gasteiger partial charge is 0.348 e. The first-order valence-corrected chi connectivity index (χ1v) is 6.73. The molecule has 1 rings (SSSR count). The fraction of sp³-hybridized carbons (Fsp3) is 0.500. The molecule has 4 heteroatoms. The molecule has 0 heterocycles. The van der Waals surface area contributed by atoms with Gasteiger partial charge in [0.25, 0.3) is 5.91 Å². The minimum atomic E-state index is -0.0734. The van der Waals surface area contributed by atoms with Crippen molar-refractivity contribution >= 4 is 17.5 Å². The van der Waals surface area contributed by atoms with Crippen molar-refractivity contribution in [1.29, 1.82) is 0 Å². The van der Waals surface area contributed by atoms with Gasteiger partial charge in [0.15, 0.2) is 0 Å². The van der Waals surface area contributed by atoms with Gasteiger partial charge in [0.1, 0.15) is 0 Å². The second-order valence-corrected chi connectivity index (χ2v) is 4.94. The zero-order chi connectivity index (χ0) is 13.5. The first-order chi connectivity index (χ1) is 8.58. The number of amides is 1. The van der Waals surface area contributed by atoms with E-state index < -0.39 is 0 Å². The lowest BCUT2D eigenvalue weighted by molar-refractivity contribution is 0.0935. The summed E-state index contributed by atoms with van der Waals surface area (Å²) in [5.74, 6) is -0.0734. The molecule has 18 heavy (non-hydrogen) atoms. The number of hydrogen-bond acceptors (Lipinski definition) is 2. The topological polar surface area (TPSA) is 55.1 Å². The van der Waals surface area contributed by atoms with E-state index in [9.17, 15) is 4.79 Å². The quantitative estimate of drug-likeness (QED) is 0.834. The molecule has 0 spiro atoms. The minimum Gasteiger partial charge on any atom is -0.348 e. The van der Waals surface area contributed by atoms with Gasteiger partial charge >= 0.3 is 0 Å². The van der Waals surface area contributed by atoms with Crippen LogP contribution in [0.4, 0.5) is 0 Å². The zero-order valence-corrected chi connectivity index (χ0v) is 11.8. The Hall–Kier alpha value is -1.06. The van der Waals surface area contributed by atoms with Gasteiger partial charge in [-0.3, -0.25) is 4.79 Å². The SMILES string of the molecule is CCCCC(CN)NC(=O)c1ccc(Cl)cc1C. The molecule has 3 nitrogen and oxygen atoms in total. The third kappa shape index (κ3) is 4.31. The van der Waals surface area contributed by atoms with Crippen molar-refractivity contribution in [3.63, 3.8) is 0 Å². The van der Waals surface area contributed by atoms with E-state index in [4.69, 9.17) is 17.3 Å². The van der Waals surface area contributed by atoms with Gasteiger partial charge in [0.05, 0.1) is 0 Å². The van der Waals surface area contributed by atoms with E-state index in [1.54, 1.807) is 18.2 Å². The Balaban J connectivity index is 2.68. The van der Waals surface area contributed by atoms with Crippen molar-refractivity contribution in [2.75, 3.05) is 6.54 Å². The van der Waals surface area contributed by atoms with Gasteiger partial charge < -0.3 is 11.1 Å². The van der Waals surface area contributed by atoms with Crippen molar-refractivity contribution in [1.82, 2.24) is 5.32 Å². The molecular formula is C14H21ClN2O. The first kappa shape index (κ1) is 15.0. The number of benzene rings is 1. The summed E-state index contributed by atoms with van der Waals surface area (Å²) < 4.78 is 0. The average molecular weight is 269 g/mol. The minimum absolute atomic E-state index is 0.0486. The third-order valence-electron chi connectivity index (χ3n) is 2.96. The van der Waals surface area contributed by atoms with Gasteiger partial charge in [-0.05, 0) is 37.1 Å². The molecule has 1 atom stereocenters. The summed E-state index contributed by atoms with van der Waals surface area (Å²) in [5.41, 5.74) is 7.21. The van der Waals surface area contributed by atoms with Crippen molar-refractivity contribution in [3.8, 4) is 0 Å². The van der Waals surface area contributed by atoms with Crippen molar-refractivity contribution < 1.29 is 4.79 Å². The second kappa shape index (κ2) is 7.39. The van der Waals surface area contributed by atoms with E-state index in [0.717, 1.165) is 24.8 Å². The third-order valence-corrected chi connectivity index (χ3v) is 3.19. The highest BCUT2D eigenvalue weighted by Gasteiger charge is 2.13. The number of nitrogens with one attached hydrogen (secondary N) is 1. The van der Waals surface area contributed by atoms with Gasteiger partial charge in [-0.25, -0.2) is 0 Å². The van der Waals surface area contributed by atoms with Crippen LogP contribution < -0.4 is 11.1 Å². The van der Waals surface area contributed by atoms with Crippen LogP contribution in [0.3, 0.4) is 0 Å². The molecule has 0 radical (unpaired) electrons. The van der Waals surface area contributed by atoms with E-state index in [2.05, 4.69) is 12.2 Å². The molecule has 0 aliphatic rings. The van der Waals surface area contributed by atoms with Gasteiger partial charge in [-0.15, -0.1) is 0 Å². The summed E-state index contributed by atoms with van der Waals surface area (Å²) in [5, 5.41) is 3.61. The van der Waals surface area contributed by atoms with Gasteiger partial charge in [-0.2, -0.15) is 0 Å². The van der Waals surface area contributed by atoms with Gasteiger partial charge in [0, 0.05) is 23.2 Å². The number of nitrogens with two attached hydrogens (primary N) is 1. The Morgan fingerprint density at radius 3 is 2.78 bits per heavy atom. The number of hydrogen-bond donors (Lipinski definition) is 2. The summed E-state index contributed by atoms with van der Waals surface area (Å²) in [4.78, 5) is 12.1. The van der Waals surface area contributed by atoms with Crippen LogP contribution in [0.1, 0.15) is 42.1 Å². The summed E-state index contributed by atoms with van der Waals surface area (Å²) in [6, 6.07) is 5.32. The molecule has 0 fully saturated rings. The van der Waals surface area contributed by atoms with Crippen molar-refractivity contribution in [2.24, 2.45) is 5.73 Å². The van der Waals surface area contributed by atoms with Crippen LogP contribution in [0.5, 0.6) is 0 Å². The Bertz CT molecular complexity index is 407. The van der Waals surface area contributed by atoms with Crippen LogP contribution in [-0.4, -0.2) is 18.5 Å². The Kier molecular flexibility index (Phi) is 6.16. The summed E-state index contributed by atoms with van der Waals surface area (Å²) in [6.45, 7) is 4.47. The van der Waals surface area contributed by atoms with Crippen LogP contribution in [0, 0.1) is 6.92 Å². The van der Waals surface area contributed by atoms with Crippen molar-refractivity contribution in [2.45, 2.75) is 39.2 Å². The molecule has 1 aromatic rings. The predicted molar refractivity (Wildman–Crippen MR) is 76.0 cm³/mol. The molecule has 1 aromatic carbocycles. The molecule has 0 aliphatic carbocycles. The number of unbranched alkanes of at least 4 members (excludes halogenated alkanes) is 1. The first-order valence-electron chi connectivity index (χ1n) is 6.35. The average Bonchev–Trinajstić information content (AvgIpc) is 2.34. The molecule has 0 saturated heterocycles. The van der Waals surface area contributed by atoms with Crippen LogP contribution in [-0.2, 0) is 0 Å². The molecule has 1 amide bonds. The molecule has 1 unspecified atom stereocenters. The van der Waals surface area contributed by atoms with Crippen molar-refractivity contribution in [3.05, 3.63) is 34.3 Å². The smallest absolute Gasteiger partial charge is 0.251 e. The van der Waals surface area contributed by atoms with Crippen LogP contribution in [0.2, 0.25) is 5.02 Å². The predicted octanol–water partition coefficient (Wildman–Crippen LogP) is 2.90. The maximum atomic E-state index is 12.1. The van der Waals surface area contributed by atoms with Crippen LogP contribution in [0.25, 0.3) is 0 Å². The fourth-order valence-electron chi connectivity index (χ4n) is 1.84. The summed E-state index contributed by atoms with van der Waals surface area (Å²) in [7, 11) is 0. The maximum absolute atomic E-state index is 12.1. The van der Waals surface area contributed by atoms with E-state index in [-0.39, 0.29) is 11.9 Å². The fourth-order valence-corrected chi connectivity index (χ4v) is 2.07. The highest BCUT2D eigenvalue weighted by atomic mass is 35.5. The molecule has 100 valence electrons. The lowest BCUT2D eigenvalue weighted by atomic mass is 10.1. The lowest BCUT2D eigenvalue weighted by Crippen LogP contribution is -2.40. The maximum Gasteiger partial charge on any atom is 0.251 e. The number of rotatable bonds is 6. The molecule has 3 N–H and O–H groups in total. The highest BCUT2D eigenvalue weighted by molar-refractivity contribution is 6.30. The van der Waals surface area contributed by atoms with E-state index >= 15 is 0 Å². The van der Waals surface area contributed by atoms with Crippen LogP contribution in [0.15, 0.2) is 18.2 Å². The monoisotopic (exact) mass is 268 g/mol. The number of carbonyl (C=O) groups excluding carboxylic acids is 1. The lowest BCUT2D eigenvalue weighted by Gasteiger charge is -2.17. The Morgan fingerprint density at radius 2 is 2.22 bits per heavy atom. The number of aryl methyl sites for hydroxylation is 1. The Labute approximate surface area is 114 Å². The molecule has 0 aliphatic heterocycles. The molecule has 0 saturated carbocycles. The second-order valence-electron chi connectivity index (χ2n) is 4.51. The van der Waals surface area contributed by atoms with E-state index in [0.29, 0.717) is 17.1 Å². The number of carbonyl (C=O) groups is 1. The molecular weight excluding hydrogens is 248 g/mol. The van der Waals surface area contributed by atoms with E-state index in [1.165, 1.54) is 0 Å². The molecule has 0 aromatic heterocycles.